The van der Waals surface area contributed by atoms with E-state index in [1.807, 2.05) is 49.4 Å². The van der Waals surface area contributed by atoms with E-state index in [1.54, 1.807) is 35.1 Å². The first-order chi connectivity index (χ1) is 17.6. The van der Waals surface area contributed by atoms with Crippen molar-refractivity contribution in [3.63, 3.8) is 0 Å². The Labute approximate surface area is 206 Å². The predicted octanol–water partition coefficient (Wildman–Crippen LogP) is 5.00. The van der Waals surface area contributed by atoms with E-state index in [1.165, 1.54) is 6.26 Å². The molecule has 0 spiro atoms. The summed E-state index contributed by atoms with van der Waals surface area (Å²) >= 11 is 0. The van der Waals surface area contributed by atoms with Crippen molar-refractivity contribution >= 4 is 28.3 Å². The van der Waals surface area contributed by atoms with Gasteiger partial charge < -0.3 is 24.2 Å². The number of nitrogens with one attached hydrogen (secondary N) is 2. The van der Waals surface area contributed by atoms with Crippen LogP contribution in [0.3, 0.4) is 0 Å². The second kappa shape index (κ2) is 10.2. The molecule has 0 unspecified atom stereocenters. The minimum Gasteiger partial charge on any atom is -0.486 e. The predicted molar refractivity (Wildman–Crippen MR) is 133 cm³/mol. The van der Waals surface area contributed by atoms with E-state index in [4.69, 9.17) is 13.6 Å². The maximum Gasteiger partial charge on any atom is 0.291 e. The van der Waals surface area contributed by atoms with Crippen LogP contribution in [-0.2, 0) is 19.7 Å². The van der Waals surface area contributed by atoms with E-state index in [0.29, 0.717) is 23.8 Å². The second-order valence-electron chi connectivity index (χ2n) is 8.03. The summed E-state index contributed by atoms with van der Waals surface area (Å²) in [6, 6.07) is 20.6. The third-order valence-electron chi connectivity index (χ3n) is 5.54. The Balaban J connectivity index is 1.23. The van der Waals surface area contributed by atoms with Crippen molar-refractivity contribution < 1.29 is 23.2 Å². The van der Waals surface area contributed by atoms with Gasteiger partial charge in [-0.1, -0.05) is 30.3 Å². The molecule has 0 bridgehead atoms. The number of aryl methyl sites for hydroxylation is 1. The highest BCUT2D eigenvalue weighted by atomic mass is 16.5. The number of anilines is 1. The zero-order valence-corrected chi connectivity index (χ0v) is 19.6. The molecule has 182 valence electrons. The third kappa shape index (κ3) is 5.15. The lowest BCUT2D eigenvalue weighted by Crippen LogP contribution is -2.25. The van der Waals surface area contributed by atoms with E-state index in [2.05, 4.69) is 15.7 Å². The van der Waals surface area contributed by atoms with Crippen LogP contribution >= 0.6 is 0 Å². The third-order valence-corrected chi connectivity index (χ3v) is 5.54. The molecular formula is C27H24N4O5. The van der Waals surface area contributed by atoms with Crippen molar-refractivity contribution in [2.75, 3.05) is 5.32 Å². The number of hydrogen-bond donors (Lipinski definition) is 2. The molecule has 2 N–H and O–H groups in total. The summed E-state index contributed by atoms with van der Waals surface area (Å²) in [5.41, 5.74) is 0.382. The average molecular weight is 485 g/mol. The van der Waals surface area contributed by atoms with Crippen LogP contribution < -0.4 is 15.4 Å². The number of hydrogen-bond acceptors (Lipinski definition) is 6. The molecule has 0 atom stereocenters. The van der Waals surface area contributed by atoms with Gasteiger partial charge in [-0.15, -0.1) is 0 Å². The fourth-order valence-corrected chi connectivity index (χ4v) is 3.68. The number of benzene rings is 2. The van der Waals surface area contributed by atoms with Crippen LogP contribution in [0.5, 0.6) is 5.75 Å². The Kier molecular flexibility index (Phi) is 6.53. The van der Waals surface area contributed by atoms with Gasteiger partial charge in [0.05, 0.1) is 18.5 Å². The zero-order chi connectivity index (χ0) is 24.9. The fraction of sp³-hybridized carbons (Fsp3) is 0.148. The van der Waals surface area contributed by atoms with Gasteiger partial charge in [0.2, 0.25) is 0 Å². The number of aromatic nitrogens is 2. The van der Waals surface area contributed by atoms with Gasteiger partial charge in [-0.05, 0) is 54.1 Å². The topological polar surface area (TPSA) is 112 Å². The van der Waals surface area contributed by atoms with Crippen LogP contribution in [0.2, 0.25) is 0 Å². The Morgan fingerprint density at radius 2 is 1.83 bits per heavy atom. The quantitative estimate of drug-likeness (QED) is 0.304. The van der Waals surface area contributed by atoms with Gasteiger partial charge in [0, 0.05) is 12.7 Å². The number of nitrogens with zero attached hydrogens (tertiary/aromatic N) is 2. The van der Waals surface area contributed by atoms with Crippen molar-refractivity contribution in [1.82, 2.24) is 15.1 Å². The summed E-state index contributed by atoms with van der Waals surface area (Å²) in [4.78, 5) is 25.5. The number of ether oxygens (including phenoxy) is 1. The molecule has 0 aliphatic rings. The summed E-state index contributed by atoms with van der Waals surface area (Å²) in [5.74, 6) is 0.971. The Bertz CT molecular complexity index is 1500. The average Bonchev–Trinajstić information content (AvgIpc) is 3.67. The molecule has 3 aromatic heterocycles. The molecule has 0 saturated carbocycles. The van der Waals surface area contributed by atoms with Crippen molar-refractivity contribution in [3.8, 4) is 5.75 Å². The molecular weight excluding hydrogens is 460 g/mol. The maximum absolute atomic E-state index is 12.8. The smallest absolute Gasteiger partial charge is 0.291 e. The fourth-order valence-electron chi connectivity index (χ4n) is 3.68. The Morgan fingerprint density at radius 1 is 0.972 bits per heavy atom. The maximum atomic E-state index is 12.8. The van der Waals surface area contributed by atoms with E-state index in [9.17, 15) is 9.59 Å². The zero-order valence-electron chi connectivity index (χ0n) is 19.6. The van der Waals surface area contributed by atoms with E-state index in [0.717, 1.165) is 10.8 Å². The van der Waals surface area contributed by atoms with Crippen LogP contribution in [0.25, 0.3) is 10.8 Å². The van der Waals surface area contributed by atoms with Crippen LogP contribution in [0.4, 0.5) is 5.69 Å². The van der Waals surface area contributed by atoms with Crippen LogP contribution in [0.15, 0.2) is 88.0 Å². The number of rotatable bonds is 9. The van der Waals surface area contributed by atoms with Gasteiger partial charge in [0.15, 0.2) is 11.5 Å². The second-order valence-corrected chi connectivity index (χ2v) is 8.03. The summed E-state index contributed by atoms with van der Waals surface area (Å²) in [6.07, 6.45) is 3.13. The van der Waals surface area contributed by atoms with E-state index >= 15 is 0 Å². The molecule has 0 aliphatic heterocycles. The largest absolute Gasteiger partial charge is 0.486 e. The number of fused-ring (bicyclic) bond motifs is 1. The highest BCUT2D eigenvalue weighted by Crippen LogP contribution is 2.22. The minimum absolute atomic E-state index is 0.0957. The molecule has 0 radical (unpaired) electrons. The minimum atomic E-state index is -0.498. The van der Waals surface area contributed by atoms with Crippen LogP contribution in [-0.4, -0.2) is 21.6 Å². The molecule has 3 heterocycles. The van der Waals surface area contributed by atoms with Crippen LogP contribution in [0, 0.1) is 0 Å². The van der Waals surface area contributed by atoms with Crippen molar-refractivity contribution in [2.45, 2.75) is 26.6 Å². The first-order valence-corrected chi connectivity index (χ1v) is 11.5. The van der Waals surface area contributed by atoms with Gasteiger partial charge in [0.25, 0.3) is 11.8 Å². The molecule has 0 aliphatic carbocycles. The lowest BCUT2D eigenvalue weighted by molar-refractivity contribution is 0.0943. The van der Waals surface area contributed by atoms with Gasteiger partial charge in [0.1, 0.15) is 23.9 Å². The normalized spacial score (nSPS) is 10.9. The molecule has 9 nitrogen and oxygen atoms in total. The molecule has 5 rings (SSSR count). The SMILES string of the molecule is CCn1cc(NC(=O)c2ccc(COc3ccc4ccccc4c3)o2)c(C(=O)NCc2ccco2)n1. The summed E-state index contributed by atoms with van der Waals surface area (Å²) in [5, 5.41) is 11.9. The highest BCUT2D eigenvalue weighted by Gasteiger charge is 2.21. The van der Waals surface area contributed by atoms with Gasteiger partial charge in [-0.3, -0.25) is 14.3 Å². The monoisotopic (exact) mass is 484 g/mol. The van der Waals surface area contributed by atoms with Gasteiger partial charge in [-0.25, -0.2) is 0 Å². The van der Waals surface area contributed by atoms with Crippen LogP contribution in [0.1, 0.15) is 39.5 Å². The van der Waals surface area contributed by atoms with Gasteiger partial charge in [-0.2, -0.15) is 5.10 Å². The first-order valence-electron chi connectivity index (χ1n) is 11.5. The van der Waals surface area contributed by atoms with E-state index in [-0.39, 0.29) is 30.3 Å². The summed E-state index contributed by atoms with van der Waals surface area (Å²) in [7, 11) is 0. The Hall–Kier alpha value is -4.79. The summed E-state index contributed by atoms with van der Waals surface area (Å²) < 4.78 is 18.3. The number of carbonyl (C=O) groups is 2. The number of carbonyl (C=O) groups excluding carboxylic acids is 2. The molecule has 2 amide bonds. The summed E-state index contributed by atoms with van der Waals surface area (Å²) in [6.45, 7) is 2.79. The van der Waals surface area contributed by atoms with Gasteiger partial charge >= 0.3 is 0 Å². The molecule has 2 aromatic carbocycles. The lowest BCUT2D eigenvalue weighted by Gasteiger charge is -2.06. The number of amides is 2. The first kappa shape index (κ1) is 23.0. The molecule has 9 heteroatoms. The molecule has 36 heavy (non-hydrogen) atoms. The molecule has 0 fully saturated rings. The van der Waals surface area contributed by atoms with Crippen molar-refractivity contribution in [2.24, 2.45) is 0 Å². The Morgan fingerprint density at radius 3 is 2.64 bits per heavy atom. The highest BCUT2D eigenvalue weighted by molar-refractivity contribution is 6.07. The van der Waals surface area contributed by atoms with Crippen molar-refractivity contribution in [3.05, 3.63) is 102 Å². The lowest BCUT2D eigenvalue weighted by atomic mass is 10.1. The number of furan rings is 2. The molecule has 5 aromatic rings. The standard InChI is InChI=1S/C27H24N4O5/c1-2-31-16-23(25(30-31)27(33)28-15-21-8-5-13-34-21)29-26(32)24-12-11-22(36-24)17-35-20-10-9-18-6-3-4-7-19(18)14-20/h3-14,16H,2,15,17H2,1H3,(H,28,33)(H,29,32). The van der Waals surface area contributed by atoms with Crippen molar-refractivity contribution in [1.29, 1.82) is 0 Å². The van der Waals surface area contributed by atoms with E-state index < -0.39 is 11.8 Å². The molecule has 0 saturated heterocycles.